The van der Waals surface area contributed by atoms with Crippen molar-refractivity contribution in [2.75, 3.05) is 38.2 Å². The first-order valence-corrected chi connectivity index (χ1v) is 10.1. The third-order valence-corrected chi connectivity index (χ3v) is 6.59. The Balaban J connectivity index is 1.38. The van der Waals surface area contributed by atoms with Gasteiger partial charge in [0.05, 0.1) is 11.8 Å². The molecule has 0 aliphatic carbocycles. The zero-order chi connectivity index (χ0) is 19.0. The molecule has 1 amide bonds. The van der Waals surface area contributed by atoms with E-state index >= 15 is 0 Å². The molecule has 0 unspecified atom stereocenters. The summed E-state index contributed by atoms with van der Waals surface area (Å²) in [6, 6.07) is 5.89. The molecule has 0 bridgehead atoms. The van der Waals surface area contributed by atoms with Crippen LogP contribution in [0.1, 0.15) is 25.7 Å². The molecule has 146 valence electrons. The topological polar surface area (TPSA) is 45.7 Å². The first-order chi connectivity index (χ1) is 13.0. The van der Waals surface area contributed by atoms with E-state index in [0.717, 1.165) is 47.0 Å². The minimum absolute atomic E-state index is 0.0381. The van der Waals surface area contributed by atoms with Crippen LogP contribution in [0.5, 0.6) is 5.75 Å². The van der Waals surface area contributed by atoms with Gasteiger partial charge < -0.3 is 14.5 Å². The number of fused-ring (bicyclic) bond motifs is 1. The van der Waals surface area contributed by atoms with E-state index in [1.807, 2.05) is 18.2 Å². The number of hydrogen-bond donors (Lipinski definition) is 0. The van der Waals surface area contributed by atoms with E-state index in [2.05, 4.69) is 4.90 Å². The number of carbonyl (C=O) groups excluding carboxylic acids is 1. The molecule has 0 N–H and O–H groups in total. The fourth-order valence-corrected chi connectivity index (χ4v) is 4.88. The average Bonchev–Trinajstić information content (AvgIpc) is 3.12. The molecule has 0 saturated carbocycles. The number of methoxy groups -OCH3 is 1. The van der Waals surface area contributed by atoms with Crippen molar-refractivity contribution in [1.82, 2.24) is 9.88 Å². The van der Waals surface area contributed by atoms with Gasteiger partial charge in [-0.25, -0.2) is 13.8 Å². The lowest BCUT2D eigenvalue weighted by Crippen LogP contribution is -2.47. The van der Waals surface area contributed by atoms with E-state index < -0.39 is 5.92 Å². The van der Waals surface area contributed by atoms with Crippen molar-refractivity contribution in [3.8, 4) is 5.75 Å². The highest BCUT2D eigenvalue weighted by Gasteiger charge is 2.38. The predicted octanol–water partition coefficient (Wildman–Crippen LogP) is 3.78. The quantitative estimate of drug-likeness (QED) is 0.794. The number of aromatic nitrogens is 1. The monoisotopic (exact) mass is 395 g/mol. The van der Waals surface area contributed by atoms with Crippen LogP contribution >= 0.6 is 11.3 Å². The minimum atomic E-state index is -2.62. The van der Waals surface area contributed by atoms with E-state index in [1.54, 1.807) is 23.3 Å². The number of hydrogen-bond acceptors (Lipinski definition) is 5. The number of halogens is 2. The molecule has 2 aromatic rings. The van der Waals surface area contributed by atoms with Crippen LogP contribution in [0.3, 0.4) is 0 Å². The molecule has 2 saturated heterocycles. The number of para-hydroxylation sites is 1. The number of thiazole rings is 1. The highest BCUT2D eigenvalue weighted by Crippen LogP contribution is 2.36. The summed E-state index contributed by atoms with van der Waals surface area (Å²) in [6.45, 7) is 1.85. The molecule has 0 atom stereocenters. The zero-order valence-corrected chi connectivity index (χ0v) is 16.1. The molecule has 5 nitrogen and oxygen atoms in total. The van der Waals surface area contributed by atoms with Gasteiger partial charge >= 0.3 is 0 Å². The minimum Gasteiger partial charge on any atom is -0.494 e. The van der Waals surface area contributed by atoms with Gasteiger partial charge in [-0.05, 0) is 25.0 Å². The lowest BCUT2D eigenvalue weighted by Gasteiger charge is -2.37. The van der Waals surface area contributed by atoms with Crippen LogP contribution in [-0.2, 0) is 4.79 Å². The highest BCUT2D eigenvalue weighted by atomic mass is 32.1. The van der Waals surface area contributed by atoms with Gasteiger partial charge in [0.15, 0.2) is 5.13 Å². The van der Waals surface area contributed by atoms with Gasteiger partial charge in [0.2, 0.25) is 5.91 Å². The van der Waals surface area contributed by atoms with Crippen LogP contribution in [-0.4, -0.2) is 55.0 Å². The molecule has 2 aliphatic heterocycles. The third kappa shape index (κ3) is 3.72. The van der Waals surface area contributed by atoms with Crippen molar-refractivity contribution in [2.45, 2.75) is 31.6 Å². The van der Waals surface area contributed by atoms with E-state index in [1.165, 1.54) is 0 Å². The summed E-state index contributed by atoms with van der Waals surface area (Å²) in [6.07, 6.45) is 1.04. The summed E-state index contributed by atoms with van der Waals surface area (Å²) >= 11 is 1.63. The molecule has 0 radical (unpaired) electrons. The Labute approximate surface area is 160 Å². The Morgan fingerprint density at radius 3 is 2.59 bits per heavy atom. The van der Waals surface area contributed by atoms with Crippen LogP contribution in [0.15, 0.2) is 18.2 Å². The summed E-state index contributed by atoms with van der Waals surface area (Å²) < 4.78 is 33.1. The lowest BCUT2D eigenvalue weighted by atomic mass is 9.94. The Hall–Kier alpha value is -1.96. The van der Waals surface area contributed by atoms with Gasteiger partial charge in [0, 0.05) is 44.9 Å². The van der Waals surface area contributed by atoms with E-state index in [9.17, 15) is 13.6 Å². The second-order valence-electron chi connectivity index (χ2n) is 7.25. The number of carbonyl (C=O) groups is 1. The van der Waals surface area contributed by atoms with Crippen molar-refractivity contribution >= 4 is 32.6 Å². The van der Waals surface area contributed by atoms with Gasteiger partial charge in [-0.1, -0.05) is 17.4 Å². The molecule has 1 aromatic carbocycles. The van der Waals surface area contributed by atoms with Gasteiger partial charge in [-0.3, -0.25) is 4.79 Å². The Kier molecular flexibility index (Phi) is 4.92. The number of benzene rings is 1. The maximum absolute atomic E-state index is 13.3. The Morgan fingerprint density at radius 2 is 1.93 bits per heavy atom. The summed E-state index contributed by atoms with van der Waals surface area (Å²) in [7, 11) is 1.64. The van der Waals surface area contributed by atoms with Crippen LogP contribution in [0.4, 0.5) is 13.9 Å². The maximum atomic E-state index is 13.3. The number of piperidine rings is 2. The second kappa shape index (κ2) is 7.22. The molecular formula is C19H23F2N3O2S. The molecule has 2 fully saturated rings. The number of alkyl halides is 2. The van der Waals surface area contributed by atoms with E-state index in [-0.39, 0.29) is 37.8 Å². The molecule has 2 aliphatic rings. The number of anilines is 1. The predicted molar refractivity (Wildman–Crippen MR) is 102 cm³/mol. The van der Waals surface area contributed by atoms with Crippen LogP contribution in [0.25, 0.3) is 10.2 Å². The first-order valence-electron chi connectivity index (χ1n) is 9.32. The maximum Gasteiger partial charge on any atom is 0.251 e. The average molecular weight is 395 g/mol. The van der Waals surface area contributed by atoms with Gasteiger partial charge in [0.25, 0.3) is 5.92 Å². The SMILES string of the molecule is COc1cccc2sc(N3CCC(C(=O)N4CCC(F)(F)CC4)CC3)nc12. The Morgan fingerprint density at radius 1 is 1.22 bits per heavy atom. The van der Waals surface area contributed by atoms with E-state index in [4.69, 9.17) is 9.72 Å². The molecule has 3 heterocycles. The molecule has 0 spiro atoms. The summed E-state index contributed by atoms with van der Waals surface area (Å²) in [5, 5.41) is 0.943. The number of amides is 1. The summed E-state index contributed by atoms with van der Waals surface area (Å²) in [5.41, 5.74) is 0.868. The summed E-state index contributed by atoms with van der Waals surface area (Å²) in [5.74, 6) is -1.89. The van der Waals surface area contributed by atoms with Gasteiger partial charge in [-0.2, -0.15) is 0 Å². The van der Waals surface area contributed by atoms with Crippen molar-refractivity contribution < 1.29 is 18.3 Å². The first kappa shape index (κ1) is 18.4. The van der Waals surface area contributed by atoms with Crippen LogP contribution in [0, 0.1) is 5.92 Å². The fraction of sp³-hybridized carbons (Fsp3) is 0.579. The largest absolute Gasteiger partial charge is 0.494 e. The van der Waals surface area contributed by atoms with Crippen molar-refractivity contribution in [2.24, 2.45) is 5.92 Å². The van der Waals surface area contributed by atoms with Crippen molar-refractivity contribution in [1.29, 1.82) is 0 Å². The standard InChI is InChI=1S/C19H23F2N3O2S/c1-26-14-3-2-4-15-16(14)22-18(27-15)24-9-5-13(6-10-24)17(25)23-11-7-19(20,21)8-12-23/h2-4,13H,5-12H2,1H3. The Bertz CT molecular complexity index is 823. The smallest absolute Gasteiger partial charge is 0.251 e. The third-order valence-electron chi connectivity index (χ3n) is 5.51. The van der Waals surface area contributed by atoms with Gasteiger partial charge in [-0.15, -0.1) is 0 Å². The van der Waals surface area contributed by atoms with E-state index in [0.29, 0.717) is 0 Å². The highest BCUT2D eigenvalue weighted by molar-refractivity contribution is 7.22. The zero-order valence-electron chi connectivity index (χ0n) is 15.3. The van der Waals surface area contributed by atoms with Crippen molar-refractivity contribution in [3.05, 3.63) is 18.2 Å². The van der Waals surface area contributed by atoms with Gasteiger partial charge in [0.1, 0.15) is 11.3 Å². The summed E-state index contributed by atoms with van der Waals surface area (Å²) in [4.78, 5) is 21.2. The number of rotatable bonds is 3. The second-order valence-corrected chi connectivity index (χ2v) is 8.26. The fourth-order valence-electron chi connectivity index (χ4n) is 3.84. The molecule has 27 heavy (non-hydrogen) atoms. The molecule has 1 aromatic heterocycles. The van der Waals surface area contributed by atoms with Crippen LogP contribution in [0.2, 0.25) is 0 Å². The normalized spacial score (nSPS) is 20.9. The molecule has 8 heteroatoms. The number of ether oxygens (including phenoxy) is 1. The molecular weight excluding hydrogens is 372 g/mol. The molecule has 4 rings (SSSR count). The van der Waals surface area contributed by atoms with Crippen LogP contribution < -0.4 is 9.64 Å². The number of likely N-dealkylation sites (tertiary alicyclic amines) is 1. The number of nitrogens with zero attached hydrogens (tertiary/aromatic N) is 3. The lowest BCUT2D eigenvalue weighted by molar-refractivity contribution is -0.142. The van der Waals surface area contributed by atoms with Crippen molar-refractivity contribution in [3.63, 3.8) is 0 Å².